The van der Waals surface area contributed by atoms with Gasteiger partial charge in [-0.1, -0.05) is 23.7 Å². The maximum Gasteiger partial charge on any atom is 0.0406 e. The highest BCUT2D eigenvalue weighted by Gasteiger charge is 2.17. The topological polar surface area (TPSA) is 29.3 Å². The summed E-state index contributed by atoms with van der Waals surface area (Å²) in [5, 5.41) is 0.792. The molecule has 1 aliphatic heterocycles. The van der Waals surface area contributed by atoms with Gasteiger partial charge in [-0.3, -0.25) is 0 Å². The highest BCUT2D eigenvalue weighted by molar-refractivity contribution is 6.30. The van der Waals surface area contributed by atoms with Crippen LogP contribution in [-0.4, -0.2) is 31.1 Å². The van der Waals surface area contributed by atoms with Crippen molar-refractivity contribution < 1.29 is 0 Å². The van der Waals surface area contributed by atoms with Gasteiger partial charge in [-0.05, 0) is 43.6 Å². The fraction of sp³-hybridized carbons (Fsp3) is 0.538. The van der Waals surface area contributed by atoms with E-state index in [0.29, 0.717) is 12.5 Å². The van der Waals surface area contributed by atoms with E-state index in [1.807, 2.05) is 12.1 Å². The van der Waals surface area contributed by atoms with E-state index in [9.17, 15) is 0 Å². The van der Waals surface area contributed by atoms with E-state index in [1.54, 1.807) is 0 Å². The number of nitrogens with zero attached hydrogens (tertiary/aromatic N) is 1. The van der Waals surface area contributed by atoms with Crippen LogP contribution in [0.15, 0.2) is 24.3 Å². The van der Waals surface area contributed by atoms with Gasteiger partial charge in [-0.2, -0.15) is 0 Å². The third kappa shape index (κ3) is 2.97. The second-order valence-electron chi connectivity index (χ2n) is 4.49. The molecule has 1 atom stereocenters. The summed E-state index contributed by atoms with van der Waals surface area (Å²) >= 11 is 5.89. The second-order valence-corrected chi connectivity index (χ2v) is 4.93. The Morgan fingerprint density at radius 2 is 1.81 bits per heavy atom. The van der Waals surface area contributed by atoms with Crippen LogP contribution in [0.1, 0.15) is 24.3 Å². The Morgan fingerprint density at radius 1 is 1.19 bits per heavy atom. The standard InChI is InChI=1S/C13H19ClN2/c14-13-5-3-11(4-6-13)12(9-15)10-16-7-1-2-8-16/h3-6,12H,1-2,7-10,15H2. The average Bonchev–Trinajstić information content (AvgIpc) is 2.80. The van der Waals surface area contributed by atoms with Crippen molar-refractivity contribution in [3.63, 3.8) is 0 Å². The molecule has 0 saturated carbocycles. The van der Waals surface area contributed by atoms with Crippen LogP contribution in [0, 0.1) is 0 Å². The first-order valence-electron chi connectivity index (χ1n) is 5.97. The molecule has 0 amide bonds. The van der Waals surface area contributed by atoms with Gasteiger partial charge in [0, 0.05) is 24.0 Å². The zero-order valence-electron chi connectivity index (χ0n) is 9.53. The van der Waals surface area contributed by atoms with E-state index in [4.69, 9.17) is 17.3 Å². The summed E-state index contributed by atoms with van der Waals surface area (Å²) in [7, 11) is 0. The molecular formula is C13H19ClN2. The largest absolute Gasteiger partial charge is 0.330 e. The van der Waals surface area contributed by atoms with Gasteiger partial charge >= 0.3 is 0 Å². The van der Waals surface area contributed by atoms with Gasteiger partial charge in [0.2, 0.25) is 0 Å². The Hall–Kier alpha value is -0.570. The van der Waals surface area contributed by atoms with Crippen molar-refractivity contribution in [1.29, 1.82) is 0 Å². The number of rotatable bonds is 4. The fourth-order valence-corrected chi connectivity index (χ4v) is 2.45. The third-order valence-electron chi connectivity index (χ3n) is 3.30. The Kier molecular flexibility index (Phi) is 4.22. The number of benzene rings is 1. The van der Waals surface area contributed by atoms with Crippen LogP contribution < -0.4 is 5.73 Å². The summed E-state index contributed by atoms with van der Waals surface area (Å²) in [6, 6.07) is 8.08. The zero-order valence-corrected chi connectivity index (χ0v) is 10.3. The molecule has 2 N–H and O–H groups in total. The van der Waals surface area contributed by atoms with Crippen LogP contribution in [0.5, 0.6) is 0 Å². The van der Waals surface area contributed by atoms with E-state index in [1.165, 1.54) is 31.5 Å². The van der Waals surface area contributed by atoms with Crippen LogP contribution in [0.25, 0.3) is 0 Å². The number of halogens is 1. The molecule has 0 aliphatic carbocycles. The SMILES string of the molecule is NCC(CN1CCCC1)c1ccc(Cl)cc1. The molecule has 1 aliphatic rings. The zero-order chi connectivity index (χ0) is 11.4. The molecule has 1 aromatic rings. The first-order chi connectivity index (χ1) is 7.79. The molecule has 1 fully saturated rings. The van der Waals surface area contributed by atoms with Crippen LogP contribution in [0.4, 0.5) is 0 Å². The fourth-order valence-electron chi connectivity index (χ4n) is 2.33. The van der Waals surface area contributed by atoms with Gasteiger partial charge < -0.3 is 10.6 Å². The average molecular weight is 239 g/mol. The van der Waals surface area contributed by atoms with Crippen LogP contribution >= 0.6 is 11.6 Å². The van der Waals surface area contributed by atoms with Gasteiger partial charge in [-0.15, -0.1) is 0 Å². The van der Waals surface area contributed by atoms with Crippen LogP contribution in [-0.2, 0) is 0 Å². The Bertz CT molecular complexity index is 317. The minimum atomic E-state index is 0.440. The van der Waals surface area contributed by atoms with Crippen molar-refractivity contribution in [3.05, 3.63) is 34.9 Å². The molecule has 1 unspecified atom stereocenters. The summed E-state index contributed by atoms with van der Waals surface area (Å²) in [4.78, 5) is 2.51. The van der Waals surface area contributed by atoms with Gasteiger partial charge in [0.05, 0.1) is 0 Å². The van der Waals surface area contributed by atoms with Crippen molar-refractivity contribution in [2.45, 2.75) is 18.8 Å². The molecule has 3 heteroatoms. The van der Waals surface area contributed by atoms with E-state index >= 15 is 0 Å². The Labute approximate surface area is 102 Å². The highest BCUT2D eigenvalue weighted by Crippen LogP contribution is 2.20. The lowest BCUT2D eigenvalue weighted by molar-refractivity contribution is 0.315. The van der Waals surface area contributed by atoms with Crippen molar-refractivity contribution in [1.82, 2.24) is 4.90 Å². The van der Waals surface area contributed by atoms with E-state index in [2.05, 4.69) is 17.0 Å². The van der Waals surface area contributed by atoms with E-state index < -0.39 is 0 Å². The summed E-state index contributed by atoms with van der Waals surface area (Å²) in [5.74, 6) is 0.440. The first kappa shape index (κ1) is 11.9. The smallest absolute Gasteiger partial charge is 0.0406 e. The van der Waals surface area contributed by atoms with E-state index in [-0.39, 0.29) is 0 Å². The first-order valence-corrected chi connectivity index (χ1v) is 6.35. The lowest BCUT2D eigenvalue weighted by atomic mass is 9.99. The molecule has 0 spiro atoms. The number of likely N-dealkylation sites (tertiary alicyclic amines) is 1. The number of hydrogen-bond donors (Lipinski definition) is 1. The molecule has 0 radical (unpaired) electrons. The normalized spacial score (nSPS) is 18.9. The third-order valence-corrected chi connectivity index (χ3v) is 3.56. The van der Waals surface area contributed by atoms with Gasteiger partial charge in [0.15, 0.2) is 0 Å². The predicted octanol–water partition coefficient (Wildman–Crippen LogP) is 2.48. The molecular weight excluding hydrogens is 220 g/mol. The van der Waals surface area contributed by atoms with Gasteiger partial charge in [0.25, 0.3) is 0 Å². The molecule has 0 aromatic heterocycles. The molecule has 1 saturated heterocycles. The summed E-state index contributed by atoms with van der Waals surface area (Å²) in [5.41, 5.74) is 7.17. The summed E-state index contributed by atoms with van der Waals surface area (Å²) < 4.78 is 0. The van der Waals surface area contributed by atoms with E-state index in [0.717, 1.165) is 11.6 Å². The van der Waals surface area contributed by atoms with Crippen molar-refractivity contribution >= 4 is 11.6 Å². The Balaban J connectivity index is 2.00. The molecule has 1 heterocycles. The van der Waals surface area contributed by atoms with Gasteiger partial charge in [-0.25, -0.2) is 0 Å². The monoisotopic (exact) mass is 238 g/mol. The summed E-state index contributed by atoms with van der Waals surface area (Å²) in [6.45, 7) is 4.24. The molecule has 16 heavy (non-hydrogen) atoms. The van der Waals surface area contributed by atoms with Crippen LogP contribution in [0.3, 0.4) is 0 Å². The van der Waals surface area contributed by atoms with Crippen molar-refractivity contribution in [2.75, 3.05) is 26.2 Å². The second kappa shape index (κ2) is 5.67. The number of hydrogen-bond acceptors (Lipinski definition) is 2. The lowest BCUT2D eigenvalue weighted by Gasteiger charge is -2.22. The van der Waals surface area contributed by atoms with Crippen molar-refractivity contribution in [3.8, 4) is 0 Å². The summed E-state index contributed by atoms with van der Waals surface area (Å²) in [6.07, 6.45) is 2.66. The maximum absolute atomic E-state index is 5.89. The molecule has 2 nitrogen and oxygen atoms in total. The van der Waals surface area contributed by atoms with Gasteiger partial charge in [0.1, 0.15) is 0 Å². The lowest BCUT2D eigenvalue weighted by Crippen LogP contribution is -2.29. The van der Waals surface area contributed by atoms with Crippen LogP contribution in [0.2, 0.25) is 5.02 Å². The minimum Gasteiger partial charge on any atom is -0.330 e. The molecule has 2 rings (SSSR count). The molecule has 88 valence electrons. The maximum atomic E-state index is 5.89. The number of nitrogens with two attached hydrogens (primary N) is 1. The van der Waals surface area contributed by atoms with Crippen molar-refractivity contribution in [2.24, 2.45) is 5.73 Å². The molecule has 0 bridgehead atoms. The molecule has 1 aromatic carbocycles. The minimum absolute atomic E-state index is 0.440. The highest BCUT2D eigenvalue weighted by atomic mass is 35.5. The predicted molar refractivity (Wildman–Crippen MR) is 68.9 cm³/mol. The Morgan fingerprint density at radius 3 is 2.38 bits per heavy atom. The quantitative estimate of drug-likeness (QED) is 0.873.